The maximum Gasteiger partial charge on any atom is 0.417 e. The van der Waals surface area contributed by atoms with Gasteiger partial charge < -0.3 is 5.32 Å². The van der Waals surface area contributed by atoms with Crippen LogP contribution in [0.15, 0.2) is 54.6 Å². The molecule has 3 atom stereocenters. The average molecular weight is 588 g/mol. The molecule has 0 aliphatic carbocycles. The largest absolute Gasteiger partial charge is 0.417 e. The van der Waals surface area contributed by atoms with E-state index in [0.717, 1.165) is 17.7 Å². The second kappa shape index (κ2) is 14.5. The summed E-state index contributed by atoms with van der Waals surface area (Å²) in [5, 5.41) is 2.59. The number of hydrogen-bond acceptors (Lipinski definition) is 5. The van der Waals surface area contributed by atoms with Gasteiger partial charge in [-0.15, -0.1) is 0 Å². The highest BCUT2D eigenvalue weighted by Crippen LogP contribution is 2.35. The molecule has 2 rings (SSSR count). The predicted molar refractivity (Wildman–Crippen MR) is 154 cm³/mol. The second-order valence-corrected chi connectivity index (χ2v) is 12.1. The third kappa shape index (κ3) is 9.74. The number of alkyl halides is 3. The molecule has 0 spiro atoms. The van der Waals surface area contributed by atoms with Crippen molar-refractivity contribution in [1.82, 2.24) is 5.32 Å². The number of aryl methyl sites for hydroxylation is 1. The Hall–Kier alpha value is -3.62. The first kappa shape index (κ1) is 34.6. The number of hydrogen-bond donors (Lipinski definition) is 1. The molecular weight excluding hydrogens is 547 g/mol. The van der Waals surface area contributed by atoms with E-state index in [2.05, 4.69) is 5.32 Å². The SMILES string of the molecule is CC(C)[C@H](CC(=O)[C@H](C)NC(=O)[C@@H](CC(=O)c1ccccc1C(F)(F)F)C(C)(C)C)C(=O)C(=O)CCc1ccccc1. The van der Waals surface area contributed by atoms with Crippen molar-refractivity contribution >= 4 is 29.0 Å². The summed E-state index contributed by atoms with van der Waals surface area (Å²) in [6.45, 7) is 9.97. The van der Waals surface area contributed by atoms with Crippen molar-refractivity contribution < 1.29 is 37.1 Å². The first-order valence-corrected chi connectivity index (χ1v) is 14.1. The van der Waals surface area contributed by atoms with Crippen molar-refractivity contribution in [3.05, 3.63) is 71.3 Å². The maximum absolute atomic E-state index is 13.5. The molecule has 228 valence electrons. The lowest BCUT2D eigenvalue weighted by molar-refractivity contribution is -0.141. The summed E-state index contributed by atoms with van der Waals surface area (Å²) in [6.07, 6.45) is -5.07. The zero-order valence-corrected chi connectivity index (χ0v) is 25.0. The fraction of sp³-hybridized carbons (Fsp3) is 0.485. The number of benzene rings is 2. The lowest BCUT2D eigenvalue weighted by atomic mass is 9.76. The number of amides is 1. The molecule has 0 heterocycles. The molecule has 9 heteroatoms. The zero-order chi connectivity index (χ0) is 31.8. The van der Waals surface area contributed by atoms with Gasteiger partial charge in [0.1, 0.15) is 0 Å². The Morgan fingerprint density at radius 3 is 1.93 bits per heavy atom. The number of carbonyl (C=O) groups is 5. The Morgan fingerprint density at radius 2 is 1.38 bits per heavy atom. The first-order valence-electron chi connectivity index (χ1n) is 14.1. The van der Waals surface area contributed by atoms with Crippen molar-refractivity contribution in [2.75, 3.05) is 0 Å². The molecule has 6 nitrogen and oxygen atoms in total. The van der Waals surface area contributed by atoms with Crippen molar-refractivity contribution in [1.29, 1.82) is 0 Å². The lowest BCUT2D eigenvalue weighted by Crippen LogP contribution is -2.46. The van der Waals surface area contributed by atoms with E-state index in [1.807, 2.05) is 30.3 Å². The van der Waals surface area contributed by atoms with Gasteiger partial charge in [-0.1, -0.05) is 83.1 Å². The number of rotatable bonds is 14. The molecule has 42 heavy (non-hydrogen) atoms. The van der Waals surface area contributed by atoms with Crippen molar-refractivity contribution in [3.8, 4) is 0 Å². The Morgan fingerprint density at radius 1 is 0.810 bits per heavy atom. The van der Waals surface area contributed by atoms with Gasteiger partial charge in [0.05, 0.1) is 17.5 Å². The van der Waals surface area contributed by atoms with Gasteiger partial charge in [0, 0.05) is 30.7 Å². The third-order valence-corrected chi connectivity index (χ3v) is 7.45. The van der Waals surface area contributed by atoms with Crippen molar-refractivity contribution in [2.45, 2.75) is 79.4 Å². The Balaban J connectivity index is 2.10. The van der Waals surface area contributed by atoms with E-state index >= 15 is 0 Å². The van der Waals surface area contributed by atoms with E-state index in [-0.39, 0.29) is 18.8 Å². The minimum absolute atomic E-state index is 0.0192. The highest BCUT2D eigenvalue weighted by atomic mass is 19.4. The fourth-order valence-electron chi connectivity index (χ4n) is 4.71. The minimum atomic E-state index is -4.74. The predicted octanol–water partition coefficient (Wildman–Crippen LogP) is 6.45. The summed E-state index contributed by atoms with van der Waals surface area (Å²) in [6, 6.07) is 12.6. The molecule has 0 radical (unpaired) electrons. The van der Waals surface area contributed by atoms with Crippen LogP contribution in [-0.2, 0) is 31.8 Å². The van der Waals surface area contributed by atoms with Gasteiger partial charge in [-0.25, -0.2) is 0 Å². The van der Waals surface area contributed by atoms with Crippen LogP contribution < -0.4 is 5.32 Å². The van der Waals surface area contributed by atoms with Crippen LogP contribution in [0.25, 0.3) is 0 Å². The summed E-state index contributed by atoms with van der Waals surface area (Å²) in [4.78, 5) is 65.0. The highest BCUT2D eigenvalue weighted by Gasteiger charge is 2.39. The Kier molecular flexibility index (Phi) is 12.0. The molecule has 0 unspecified atom stereocenters. The van der Waals surface area contributed by atoms with Crippen LogP contribution >= 0.6 is 0 Å². The molecule has 0 aliphatic rings. The standard InChI is InChI=1S/C33H40F3NO5/c1-20(2)24(30(41)27(38)17-16-22-12-8-7-9-13-22)18-28(39)21(3)37-31(42)26(32(4,5)6)19-29(40)23-14-10-11-15-25(23)33(34,35)36/h7-15,20-21,24,26H,16-19H2,1-6H3,(H,37,42)/t21-,24-,26+/m0/s1. The van der Waals surface area contributed by atoms with Crippen LogP contribution in [0.4, 0.5) is 13.2 Å². The molecule has 0 saturated carbocycles. The van der Waals surface area contributed by atoms with Crippen LogP contribution in [0.3, 0.4) is 0 Å². The van der Waals surface area contributed by atoms with Crippen LogP contribution in [0, 0.1) is 23.2 Å². The number of ketones is 4. The van der Waals surface area contributed by atoms with Gasteiger partial charge >= 0.3 is 6.18 Å². The quantitative estimate of drug-likeness (QED) is 0.202. The molecule has 2 aromatic carbocycles. The van der Waals surface area contributed by atoms with Crippen LogP contribution in [0.1, 0.15) is 82.3 Å². The van der Waals surface area contributed by atoms with E-state index < -0.39 is 76.1 Å². The fourth-order valence-corrected chi connectivity index (χ4v) is 4.71. The molecule has 1 N–H and O–H groups in total. The average Bonchev–Trinajstić information content (AvgIpc) is 2.91. The Labute approximate surface area is 245 Å². The van der Waals surface area contributed by atoms with Crippen molar-refractivity contribution in [3.63, 3.8) is 0 Å². The highest BCUT2D eigenvalue weighted by molar-refractivity contribution is 6.38. The second-order valence-electron chi connectivity index (χ2n) is 12.1. The van der Waals surface area contributed by atoms with Gasteiger partial charge in [0.15, 0.2) is 17.3 Å². The molecule has 2 aromatic rings. The summed E-state index contributed by atoms with van der Waals surface area (Å²) in [5.74, 6) is -5.36. The lowest BCUT2D eigenvalue weighted by Gasteiger charge is -2.30. The molecule has 0 bridgehead atoms. The van der Waals surface area contributed by atoms with Gasteiger partial charge in [-0.3, -0.25) is 24.0 Å². The number of Topliss-reactive ketones (excluding diaryl/α,β-unsaturated/α-hetero) is 4. The van der Waals surface area contributed by atoms with Crippen LogP contribution in [0.2, 0.25) is 0 Å². The number of nitrogens with one attached hydrogen (secondary N) is 1. The summed E-state index contributed by atoms with van der Waals surface area (Å²) in [5.41, 5.74) is -1.50. The van der Waals surface area contributed by atoms with E-state index in [1.165, 1.54) is 19.1 Å². The molecule has 0 fully saturated rings. The molecule has 0 aromatic heterocycles. The first-order chi connectivity index (χ1) is 19.4. The molecule has 1 amide bonds. The summed E-state index contributed by atoms with van der Waals surface area (Å²) in [7, 11) is 0. The third-order valence-electron chi connectivity index (χ3n) is 7.45. The van der Waals surface area contributed by atoms with Gasteiger partial charge in [0.2, 0.25) is 11.7 Å². The van der Waals surface area contributed by atoms with Gasteiger partial charge in [-0.2, -0.15) is 13.2 Å². The minimum Gasteiger partial charge on any atom is -0.346 e. The molecular formula is C33H40F3NO5. The van der Waals surface area contributed by atoms with Crippen LogP contribution in [-0.4, -0.2) is 35.1 Å². The number of halogens is 3. The monoisotopic (exact) mass is 587 g/mol. The zero-order valence-electron chi connectivity index (χ0n) is 25.0. The van der Waals surface area contributed by atoms with Crippen LogP contribution in [0.5, 0.6) is 0 Å². The maximum atomic E-state index is 13.5. The van der Waals surface area contributed by atoms with E-state index in [9.17, 15) is 37.1 Å². The van der Waals surface area contributed by atoms with Gasteiger partial charge in [0.25, 0.3) is 0 Å². The van der Waals surface area contributed by atoms with Crippen molar-refractivity contribution in [2.24, 2.45) is 23.2 Å². The smallest absolute Gasteiger partial charge is 0.346 e. The topological polar surface area (TPSA) is 97.4 Å². The van der Waals surface area contributed by atoms with E-state index in [4.69, 9.17) is 0 Å². The normalized spacial score (nSPS) is 14.1. The van der Waals surface area contributed by atoms with Gasteiger partial charge in [-0.05, 0) is 36.3 Å². The molecule has 0 aliphatic heterocycles. The Bertz CT molecular complexity index is 1280. The summed E-state index contributed by atoms with van der Waals surface area (Å²) < 4.78 is 40.4. The summed E-state index contributed by atoms with van der Waals surface area (Å²) >= 11 is 0. The van der Waals surface area contributed by atoms with E-state index in [1.54, 1.807) is 34.6 Å². The van der Waals surface area contributed by atoms with E-state index in [0.29, 0.717) is 6.42 Å². The number of carbonyl (C=O) groups excluding carboxylic acids is 5. The molecule has 0 saturated heterocycles.